The lowest BCUT2D eigenvalue weighted by molar-refractivity contribution is -0.122. The van der Waals surface area contributed by atoms with Crippen LogP contribution in [0, 0.1) is 0 Å². The number of carbonyl (C=O) groups is 1. The van der Waals surface area contributed by atoms with Crippen molar-refractivity contribution in [3.05, 3.63) is 0 Å². The molecule has 0 radical (unpaired) electrons. The van der Waals surface area contributed by atoms with Crippen molar-refractivity contribution in [2.24, 2.45) is 11.5 Å². The Labute approximate surface area is 149 Å². The van der Waals surface area contributed by atoms with Gasteiger partial charge >= 0.3 is 0 Å². The summed E-state index contributed by atoms with van der Waals surface area (Å²) in [4.78, 5) is 11.2. The molecule has 0 aliphatic heterocycles. The average Bonchev–Trinajstić information content (AvgIpc) is 2.53. The van der Waals surface area contributed by atoms with E-state index >= 15 is 0 Å². The summed E-state index contributed by atoms with van der Waals surface area (Å²) in [5.41, 5.74) is 10.3. The van der Waals surface area contributed by atoms with Crippen LogP contribution in [0.5, 0.6) is 0 Å². The van der Waals surface area contributed by atoms with Gasteiger partial charge in [-0.15, -0.1) is 0 Å². The van der Waals surface area contributed by atoms with Gasteiger partial charge in [0, 0.05) is 0 Å². The fraction of sp³-hybridized carbons (Fsp3) is 0.950. The molecular formula is C20H42N2O2. The maximum absolute atomic E-state index is 11.2. The number of carbonyl (C=O) groups excluding carboxylic acids is 1. The molecule has 5 N–H and O–H groups in total. The molecule has 4 nitrogen and oxygen atoms in total. The molecule has 144 valence electrons. The molecule has 0 fully saturated rings. The molecule has 0 aliphatic carbocycles. The lowest BCUT2D eigenvalue weighted by Gasteiger charge is -2.20. The molecule has 0 spiro atoms. The molecule has 0 aromatic rings. The molecule has 0 rings (SSSR count). The van der Waals surface area contributed by atoms with Crippen LogP contribution in [0.15, 0.2) is 0 Å². The highest BCUT2D eigenvalue weighted by Crippen LogP contribution is 2.15. The number of aliphatic hydroxyl groups is 1. The van der Waals surface area contributed by atoms with Gasteiger partial charge in [0.1, 0.15) is 5.66 Å². The van der Waals surface area contributed by atoms with Gasteiger partial charge < -0.3 is 16.6 Å². The molecule has 4 heteroatoms. The van der Waals surface area contributed by atoms with Crippen LogP contribution in [0.25, 0.3) is 0 Å². The number of Topliss-reactive ketones (excluding diaryl/α,β-unsaturated/α-hetero) is 1. The molecule has 24 heavy (non-hydrogen) atoms. The number of unbranched alkanes of at least 4 members (excludes halogenated alkanes) is 10. The Bertz CT molecular complexity index is 306. The minimum atomic E-state index is -1.13. The first-order valence-electron chi connectivity index (χ1n) is 10.2. The third kappa shape index (κ3) is 13.9. The van der Waals surface area contributed by atoms with E-state index in [1.165, 1.54) is 64.7 Å². The highest BCUT2D eigenvalue weighted by atomic mass is 16.3. The summed E-state index contributed by atoms with van der Waals surface area (Å²) in [5.74, 6) is -0.130. The van der Waals surface area contributed by atoms with Crippen molar-refractivity contribution in [3.63, 3.8) is 0 Å². The summed E-state index contributed by atoms with van der Waals surface area (Å²) in [6.07, 6.45) is 16.8. The van der Waals surface area contributed by atoms with Crippen LogP contribution >= 0.6 is 0 Å². The van der Waals surface area contributed by atoms with Gasteiger partial charge in [0.25, 0.3) is 0 Å². The number of aliphatic hydroxyl groups excluding tert-OH is 1. The first-order chi connectivity index (χ1) is 11.4. The zero-order chi connectivity index (χ0) is 18.3. The zero-order valence-corrected chi connectivity index (χ0v) is 16.2. The van der Waals surface area contributed by atoms with Gasteiger partial charge in [0.05, 0.1) is 6.10 Å². The van der Waals surface area contributed by atoms with E-state index in [1.54, 1.807) is 0 Å². The van der Waals surface area contributed by atoms with E-state index in [4.69, 9.17) is 11.5 Å². The minimum Gasteiger partial charge on any atom is -0.393 e. The van der Waals surface area contributed by atoms with Gasteiger partial charge in [-0.1, -0.05) is 77.6 Å². The van der Waals surface area contributed by atoms with Gasteiger partial charge in [-0.3, -0.25) is 4.79 Å². The molecule has 0 aromatic carbocycles. The predicted molar refractivity (Wildman–Crippen MR) is 103 cm³/mol. The maximum atomic E-state index is 11.2. The van der Waals surface area contributed by atoms with E-state index in [0.717, 1.165) is 32.1 Å². The molecule has 0 heterocycles. The Balaban J connectivity index is 3.29. The number of hydrogen-bond acceptors (Lipinski definition) is 4. The molecule has 0 amide bonds. The van der Waals surface area contributed by atoms with Gasteiger partial charge in [-0.25, -0.2) is 0 Å². The Morgan fingerprint density at radius 3 is 1.71 bits per heavy atom. The largest absolute Gasteiger partial charge is 0.393 e. The van der Waals surface area contributed by atoms with Crippen LogP contribution in [-0.2, 0) is 4.79 Å². The fourth-order valence-electron chi connectivity index (χ4n) is 2.99. The first kappa shape index (κ1) is 23.5. The fourth-order valence-corrected chi connectivity index (χ4v) is 2.99. The molecular weight excluding hydrogens is 300 g/mol. The van der Waals surface area contributed by atoms with Crippen LogP contribution in [0.4, 0.5) is 0 Å². The normalized spacial score (nSPS) is 13.2. The van der Waals surface area contributed by atoms with Crippen LogP contribution < -0.4 is 11.5 Å². The van der Waals surface area contributed by atoms with Crippen molar-refractivity contribution in [2.75, 3.05) is 0 Å². The van der Waals surface area contributed by atoms with Gasteiger partial charge in [0.15, 0.2) is 5.78 Å². The van der Waals surface area contributed by atoms with Crippen LogP contribution in [-0.4, -0.2) is 22.7 Å². The molecule has 0 saturated heterocycles. The second kappa shape index (κ2) is 14.9. The highest BCUT2D eigenvalue weighted by Gasteiger charge is 2.23. The standard InChI is InChI=1S/C20H42N2O2/c1-3-4-5-12-15-19(24)16-13-10-8-6-7-9-11-14-17-20(21,22)18(2)23/h19,24H,3-17,21-22H2,1-2H3. The maximum Gasteiger partial charge on any atom is 0.163 e. The van der Waals surface area contributed by atoms with Gasteiger partial charge in [0.2, 0.25) is 0 Å². The average molecular weight is 343 g/mol. The Kier molecular flexibility index (Phi) is 14.6. The third-order valence-corrected chi connectivity index (χ3v) is 4.92. The minimum absolute atomic E-state index is 0.0871. The monoisotopic (exact) mass is 342 g/mol. The van der Waals surface area contributed by atoms with Crippen LogP contribution in [0.3, 0.4) is 0 Å². The number of hydrogen-bond donors (Lipinski definition) is 3. The van der Waals surface area contributed by atoms with Gasteiger partial charge in [-0.2, -0.15) is 0 Å². The second-order valence-corrected chi connectivity index (χ2v) is 7.47. The van der Waals surface area contributed by atoms with E-state index in [-0.39, 0.29) is 11.9 Å². The van der Waals surface area contributed by atoms with Gasteiger partial charge in [-0.05, 0) is 32.6 Å². The van der Waals surface area contributed by atoms with Crippen molar-refractivity contribution < 1.29 is 9.90 Å². The molecule has 0 saturated carbocycles. The zero-order valence-electron chi connectivity index (χ0n) is 16.2. The van der Waals surface area contributed by atoms with E-state index in [0.29, 0.717) is 6.42 Å². The molecule has 1 atom stereocenters. The van der Waals surface area contributed by atoms with Crippen molar-refractivity contribution in [1.82, 2.24) is 0 Å². The summed E-state index contributed by atoms with van der Waals surface area (Å²) in [6.45, 7) is 3.67. The summed E-state index contributed by atoms with van der Waals surface area (Å²) in [7, 11) is 0. The molecule has 0 bridgehead atoms. The number of ketones is 1. The van der Waals surface area contributed by atoms with E-state index < -0.39 is 5.66 Å². The Morgan fingerprint density at radius 2 is 1.25 bits per heavy atom. The van der Waals surface area contributed by atoms with Crippen molar-refractivity contribution >= 4 is 5.78 Å². The molecule has 0 aromatic heterocycles. The lowest BCUT2D eigenvalue weighted by atomic mass is 9.98. The topological polar surface area (TPSA) is 89.3 Å². The first-order valence-corrected chi connectivity index (χ1v) is 10.2. The van der Waals surface area contributed by atoms with Crippen LogP contribution in [0.1, 0.15) is 110 Å². The molecule has 0 aliphatic rings. The van der Waals surface area contributed by atoms with Crippen molar-refractivity contribution in [3.8, 4) is 0 Å². The third-order valence-electron chi connectivity index (χ3n) is 4.92. The summed E-state index contributed by atoms with van der Waals surface area (Å²) in [6, 6.07) is 0. The summed E-state index contributed by atoms with van der Waals surface area (Å²) >= 11 is 0. The summed E-state index contributed by atoms with van der Waals surface area (Å²) in [5, 5.41) is 9.91. The van der Waals surface area contributed by atoms with E-state index in [1.807, 2.05) is 0 Å². The van der Waals surface area contributed by atoms with Crippen molar-refractivity contribution in [2.45, 2.75) is 122 Å². The Morgan fingerprint density at radius 1 is 0.833 bits per heavy atom. The lowest BCUT2D eigenvalue weighted by Crippen LogP contribution is -2.55. The SMILES string of the molecule is CCCCCCC(O)CCCCCCCCCCC(N)(N)C(C)=O. The Hall–Kier alpha value is -0.450. The number of nitrogens with two attached hydrogens (primary N) is 2. The quantitative estimate of drug-likeness (QED) is 0.269. The predicted octanol–water partition coefficient (Wildman–Crippen LogP) is 4.42. The highest BCUT2D eigenvalue weighted by molar-refractivity contribution is 5.84. The molecule has 1 unspecified atom stereocenters. The van der Waals surface area contributed by atoms with E-state index in [9.17, 15) is 9.90 Å². The smallest absolute Gasteiger partial charge is 0.163 e. The second-order valence-electron chi connectivity index (χ2n) is 7.47. The van der Waals surface area contributed by atoms with Crippen molar-refractivity contribution in [1.29, 1.82) is 0 Å². The summed E-state index contributed by atoms with van der Waals surface area (Å²) < 4.78 is 0. The van der Waals surface area contributed by atoms with E-state index in [2.05, 4.69) is 6.92 Å². The van der Waals surface area contributed by atoms with Crippen LogP contribution in [0.2, 0.25) is 0 Å². The number of rotatable bonds is 17.